The zero-order valence-corrected chi connectivity index (χ0v) is 14.7. The van der Waals surface area contributed by atoms with E-state index in [0.29, 0.717) is 36.0 Å². The van der Waals surface area contributed by atoms with E-state index in [9.17, 15) is 8.78 Å². The molecule has 26 heavy (non-hydrogen) atoms. The van der Waals surface area contributed by atoms with Gasteiger partial charge in [0.05, 0.1) is 18.9 Å². The Balaban J connectivity index is 1.58. The number of ether oxygens (including phenoxy) is 2. The first-order valence-electron chi connectivity index (χ1n) is 8.82. The molecule has 0 amide bonds. The summed E-state index contributed by atoms with van der Waals surface area (Å²) in [7, 11) is 0. The van der Waals surface area contributed by atoms with Crippen LogP contribution in [0.15, 0.2) is 36.5 Å². The number of pyridine rings is 1. The number of hydrogen-bond donors (Lipinski definition) is 0. The number of benzene rings is 1. The summed E-state index contributed by atoms with van der Waals surface area (Å²) < 4.78 is 37.6. The molecule has 1 aliphatic heterocycles. The maximum atomic E-state index is 13.3. The highest BCUT2D eigenvalue weighted by Gasteiger charge is 2.20. The second kappa shape index (κ2) is 8.88. The number of nitrogens with zero attached hydrogens (tertiary/aromatic N) is 1. The van der Waals surface area contributed by atoms with E-state index < -0.39 is 17.9 Å². The highest BCUT2D eigenvalue weighted by molar-refractivity contribution is 5.59. The fourth-order valence-electron chi connectivity index (χ4n) is 2.72. The van der Waals surface area contributed by atoms with Crippen molar-refractivity contribution in [1.82, 2.24) is 4.98 Å². The van der Waals surface area contributed by atoms with Crippen molar-refractivity contribution in [2.45, 2.75) is 32.5 Å². The Morgan fingerprint density at radius 3 is 2.58 bits per heavy atom. The third-order valence-corrected chi connectivity index (χ3v) is 4.25. The fraction of sp³-hybridized carbons (Fsp3) is 0.381. The monoisotopic (exact) mass is 357 g/mol. The molecule has 1 aliphatic rings. The molecule has 0 N–H and O–H groups in total. The van der Waals surface area contributed by atoms with Gasteiger partial charge in [0.15, 0.2) is 11.6 Å². The van der Waals surface area contributed by atoms with Gasteiger partial charge in [0, 0.05) is 23.2 Å². The van der Waals surface area contributed by atoms with Crippen molar-refractivity contribution in [3.63, 3.8) is 0 Å². The van der Waals surface area contributed by atoms with E-state index in [4.69, 9.17) is 9.47 Å². The maximum absolute atomic E-state index is 13.3. The lowest BCUT2D eigenvalue weighted by atomic mass is 10.0. The van der Waals surface area contributed by atoms with Gasteiger partial charge in [0.2, 0.25) is 6.29 Å². The van der Waals surface area contributed by atoms with Crippen LogP contribution in [0.5, 0.6) is 0 Å². The van der Waals surface area contributed by atoms with Crippen molar-refractivity contribution in [2.24, 2.45) is 5.92 Å². The van der Waals surface area contributed by atoms with Crippen molar-refractivity contribution >= 4 is 0 Å². The summed E-state index contributed by atoms with van der Waals surface area (Å²) in [5.74, 6) is 4.60. The highest BCUT2D eigenvalue weighted by atomic mass is 19.2. The molecule has 3 rings (SSSR count). The van der Waals surface area contributed by atoms with Gasteiger partial charge in [-0.2, -0.15) is 0 Å². The third-order valence-electron chi connectivity index (χ3n) is 4.25. The number of hydrogen-bond acceptors (Lipinski definition) is 3. The van der Waals surface area contributed by atoms with E-state index in [1.807, 2.05) is 0 Å². The Kier molecular flexibility index (Phi) is 6.32. The summed E-state index contributed by atoms with van der Waals surface area (Å²) in [6.45, 7) is 3.52. The van der Waals surface area contributed by atoms with Crippen LogP contribution in [0, 0.1) is 29.4 Å². The van der Waals surface area contributed by atoms with E-state index in [0.717, 1.165) is 18.6 Å². The minimum absolute atomic E-state index is 0.449. The summed E-state index contributed by atoms with van der Waals surface area (Å²) in [5, 5.41) is 0. The Hall–Kier alpha value is -2.29. The zero-order valence-electron chi connectivity index (χ0n) is 14.7. The molecule has 0 saturated carbocycles. The first-order chi connectivity index (χ1) is 12.7. The standard InChI is InChI=1S/C21H21F2NO2/c1-2-3-4-16-13-25-21(26-14-16)10-6-15-5-9-20(24-12-15)17-7-8-18(22)19(23)11-17/h5,7-9,11-12,16,21H,2-4,13-14H2,1H3. The molecule has 0 radical (unpaired) electrons. The molecule has 5 heteroatoms. The highest BCUT2D eigenvalue weighted by Crippen LogP contribution is 2.20. The molecule has 136 valence electrons. The molecule has 1 aromatic carbocycles. The Labute approximate surface area is 152 Å². The van der Waals surface area contributed by atoms with Crippen LogP contribution in [0.4, 0.5) is 8.78 Å². The first-order valence-corrected chi connectivity index (χ1v) is 8.82. The molecule has 0 spiro atoms. The molecule has 0 aliphatic carbocycles. The van der Waals surface area contributed by atoms with Crippen LogP contribution in [0.2, 0.25) is 0 Å². The van der Waals surface area contributed by atoms with Gasteiger partial charge in [0.25, 0.3) is 0 Å². The summed E-state index contributed by atoms with van der Waals surface area (Å²) in [6.07, 6.45) is 4.55. The molecule has 1 saturated heterocycles. The number of rotatable bonds is 4. The summed E-state index contributed by atoms with van der Waals surface area (Å²) in [4.78, 5) is 4.26. The molecule has 1 aromatic heterocycles. The van der Waals surface area contributed by atoms with Crippen LogP contribution in [-0.4, -0.2) is 24.5 Å². The average molecular weight is 357 g/mol. The molecule has 2 aromatic rings. The quantitative estimate of drug-likeness (QED) is 0.752. The second-order valence-corrected chi connectivity index (χ2v) is 6.34. The van der Waals surface area contributed by atoms with Crippen LogP contribution < -0.4 is 0 Å². The molecule has 2 heterocycles. The van der Waals surface area contributed by atoms with Crippen molar-refractivity contribution in [3.05, 3.63) is 53.7 Å². The van der Waals surface area contributed by atoms with E-state index in [1.165, 1.54) is 18.9 Å². The minimum Gasteiger partial charge on any atom is -0.342 e. The van der Waals surface area contributed by atoms with Gasteiger partial charge in [-0.25, -0.2) is 8.78 Å². The SMILES string of the molecule is CCCCC1COC(C#Cc2ccc(-c3ccc(F)c(F)c3)nc2)OC1. The molecule has 0 atom stereocenters. The van der Waals surface area contributed by atoms with E-state index in [1.54, 1.807) is 18.3 Å². The van der Waals surface area contributed by atoms with Crippen molar-refractivity contribution < 1.29 is 18.3 Å². The van der Waals surface area contributed by atoms with E-state index >= 15 is 0 Å². The van der Waals surface area contributed by atoms with Crippen molar-refractivity contribution in [3.8, 4) is 23.1 Å². The van der Waals surface area contributed by atoms with Crippen LogP contribution in [0.1, 0.15) is 31.7 Å². The Morgan fingerprint density at radius 1 is 1.12 bits per heavy atom. The predicted octanol–water partition coefficient (Wildman–Crippen LogP) is 4.56. The lowest BCUT2D eigenvalue weighted by molar-refractivity contribution is -0.170. The van der Waals surface area contributed by atoms with Crippen LogP contribution in [-0.2, 0) is 9.47 Å². The smallest absolute Gasteiger partial charge is 0.222 e. The average Bonchev–Trinajstić information content (AvgIpc) is 2.68. The molecular weight excluding hydrogens is 336 g/mol. The van der Waals surface area contributed by atoms with Gasteiger partial charge >= 0.3 is 0 Å². The summed E-state index contributed by atoms with van der Waals surface area (Å²) in [5.41, 5.74) is 1.77. The molecule has 1 fully saturated rings. The molecule has 3 nitrogen and oxygen atoms in total. The van der Waals surface area contributed by atoms with Gasteiger partial charge in [-0.1, -0.05) is 25.7 Å². The van der Waals surface area contributed by atoms with Gasteiger partial charge in [-0.3, -0.25) is 4.98 Å². The first kappa shape index (κ1) is 18.5. The second-order valence-electron chi connectivity index (χ2n) is 6.34. The number of unbranched alkanes of at least 4 members (excludes halogenated alkanes) is 1. The summed E-state index contributed by atoms with van der Waals surface area (Å²) in [6, 6.07) is 7.21. The third kappa shape index (κ3) is 4.87. The number of aromatic nitrogens is 1. The molecule has 0 bridgehead atoms. The Bertz CT molecular complexity index is 788. The molecular formula is C21H21F2NO2. The number of halogens is 2. The lowest BCUT2D eigenvalue weighted by Gasteiger charge is -2.26. The Morgan fingerprint density at radius 2 is 1.92 bits per heavy atom. The summed E-state index contributed by atoms with van der Waals surface area (Å²) >= 11 is 0. The van der Waals surface area contributed by atoms with Gasteiger partial charge in [0.1, 0.15) is 0 Å². The van der Waals surface area contributed by atoms with Gasteiger partial charge in [-0.05, 0) is 42.7 Å². The van der Waals surface area contributed by atoms with Gasteiger partial charge < -0.3 is 9.47 Å². The molecule has 0 unspecified atom stereocenters. The van der Waals surface area contributed by atoms with E-state index in [2.05, 4.69) is 23.7 Å². The van der Waals surface area contributed by atoms with E-state index in [-0.39, 0.29) is 0 Å². The van der Waals surface area contributed by atoms with Crippen molar-refractivity contribution in [2.75, 3.05) is 13.2 Å². The van der Waals surface area contributed by atoms with Gasteiger partial charge in [-0.15, -0.1) is 0 Å². The van der Waals surface area contributed by atoms with Crippen LogP contribution in [0.25, 0.3) is 11.3 Å². The normalized spacial score (nSPS) is 19.7. The predicted molar refractivity (Wildman–Crippen MR) is 95.2 cm³/mol. The fourth-order valence-corrected chi connectivity index (χ4v) is 2.72. The minimum atomic E-state index is -0.892. The lowest BCUT2D eigenvalue weighted by Crippen LogP contribution is -2.31. The largest absolute Gasteiger partial charge is 0.342 e. The van der Waals surface area contributed by atoms with Crippen molar-refractivity contribution in [1.29, 1.82) is 0 Å². The van der Waals surface area contributed by atoms with Crippen LogP contribution in [0.3, 0.4) is 0 Å². The maximum Gasteiger partial charge on any atom is 0.222 e. The zero-order chi connectivity index (χ0) is 18.4. The topological polar surface area (TPSA) is 31.4 Å². The van der Waals surface area contributed by atoms with Crippen LogP contribution >= 0.6 is 0 Å².